The van der Waals surface area contributed by atoms with Crippen LogP contribution in [0.1, 0.15) is 30.9 Å². The van der Waals surface area contributed by atoms with Gasteiger partial charge in [0.25, 0.3) is 0 Å². The van der Waals surface area contributed by atoms with Crippen molar-refractivity contribution < 1.29 is 9.59 Å². The number of likely N-dealkylation sites (tertiary alicyclic amines) is 1. The van der Waals surface area contributed by atoms with Gasteiger partial charge in [0.05, 0.1) is 5.92 Å². The molecular weight excluding hydrogens is 312 g/mol. The summed E-state index contributed by atoms with van der Waals surface area (Å²) in [5.74, 6) is -0.319. The highest BCUT2D eigenvalue weighted by atomic mass is 16.2. The monoisotopic (exact) mass is 336 g/mol. The van der Waals surface area contributed by atoms with E-state index in [1.807, 2.05) is 54.6 Å². The average Bonchev–Trinajstić information content (AvgIpc) is 2.99. The molecule has 2 amide bonds. The zero-order chi connectivity index (χ0) is 17.6. The fraction of sp³-hybridized carbons (Fsp3) is 0.333. The van der Waals surface area contributed by atoms with E-state index in [4.69, 9.17) is 0 Å². The van der Waals surface area contributed by atoms with Gasteiger partial charge in [0, 0.05) is 25.2 Å². The lowest BCUT2D eigenvalue weighted by Crippen LogP contribution is -2.28. The second-order valence-corrected chi connectivity index (χ2v) is 6.60. The summed E-state index contributed by atoms with van der Waals surface area (Å²) in [5.41, 5.74) is 3.15. The first-order valence-corrected chi connectivity index (χ1v) is 8.87. The molecule has 0 spiro atoms. The lowest BCUT2D eigenvalue weighted by atomic mass is 10.1. The molecule has 2 aromatic carbocycles. The predicted octanol–water partition coefficient (Wildman–Crippen LogP) is 3.63. The Labute approximate surface area is 148 Å². The van der Waals surface area contributed by atoms with E-state index in [1.165, 1.54) is 5.56 Å². The number of carbonyl (C=O) groups excluding carboxylic acids is 2. The third-order valence-electron chi connectivity index (χ3n) is 4.56. The van der Waals surface area contributed by atoms with Crippen molar-refractivity contribution in [1.29, 1.82) is 0 Å². The van der Waals surface area contributed by atoms with Gasteiger partial charge in [0.2, 0.25) is 11.8 Å². The van der Waals surface area contributed by atoms with Crippen molar-refractivity contribution in [3.05, 3.63) is 65.7 Å². The van der Waals surface area contributed by atoms with E-state index >= 15 is 0 Å². The first kappa shape index (κ1) is 17.2. The van der Waals surface area contributed by atoms with Gasteiger partial charge in [-0.15, -0.1) is 0 Å². The molecular formula is C21H24N2O2. The fourth-order valence-electron chi connectivity index (χ4n) is 3.19. The van der Waals surface area contributed by atoms with Gasteiger partial charge in [-0.25, -0.2) is 0 Å². The van der Waals surface area contributed by atoms with Crippen LogP contribution in [0.5, 0.6) is 0 Å². The van der Waals surface area contributed by atoms with Crippen LogP contribution in [0.25, 0.3) is 0 Å². The lowest BCUT2D eigenvalue weighted by Gasteiger charge is -2.16. The summed E-state index contributed by atoms with van der Waals surface area (Å²) >= 11 is 0. The van der Waals surface area contributed by atoms with Crippen molar-refractivity contribution in [3.63, 3.8) is 0 Å². The second kappa shape index (κ2) is 7.97. The van der Waals surface area contributed by atoms with Crippen molar-refractivity contribution in [3.8, 4) is 0 Å². The van der Waals surface area contributed by atoms with Crippen molar-refractivity contribution >= 4 is 17.5 Å². The minimum absolute atomic E-state index is 0.0438. The van der Waals surface area contributed by atoms with Crippen molar-refractivity contribution in [2.45, 2.75) is 32.7 Å². The molecule has 1 unspecified atom stereocenters. The Morgan fingerprint density at radius 3 is 2.48 bits per heavy atom. The Hall–Kier alpha value is -2.62. The summed E-state index contributed by atoms with van der Waals surface area (Å²) in [4.78, 5) is 26.5. The van der Waals surface area contributed by atoms with E-state index in [1.54, 1.807) is 4.90 Å². The third kappa shape index (κ3) is 4.47. The summed E-state index contributed by atoms with van der Waals surface area (Å²) in [7, 11) is 0. The number of hydrogen-bond donors (Lipinski definition) is 1. The van der Waals surface area contributed by atoms with Crippen LogP contribution in [0, 0.1) is 5.92 Å². The first-order chi connectivity index (χ1) is 12.2. The van der Waals surface area contributed by atoms with E-state index in [9.17, 15) is 9.59 Å². The number of rotatable bonds is 6. The molecule has 1 heterocycles. The zero-order valence-corrected chi connectivity index (χ0v) is 14.6. The standard InChI is InChI=1S/C21H24N2O2/c1-2-6-16-9-11-19(12-10-16)22-21(25)18-13-20(24)23(15-18)14-17-7-4-3-5-8-17/h3-5,7-12,18H,2,6,13-15H2,1H3,(H,22,25). The highest BCUT2D eigenvalue weighted by molar-refractivity contribution is 5.97. The Bertz CT molecular complexity index is 725. The summed E-state index contributed by atoms with van der Waals surface area (Å²) in [5, 5.41) is 2.94. The maximum absolute atomic E-state index is 12.5. The van der Waals surface area contributed by atoms with E-state index in [2.05, 4.69) is 12.2 Å². The van der Waals surface area contributed by atoms with Gasteiger partial charge in [-0.1, -0.05) is 55.8 Å². The van der Waals surface area contributed by atoms with Gasteiger partial charge in [0.15, 0.2) is 0 Å². The van der Waals surface area contributed by atoms with Crippen LogP contribution in [0.3, 0.4) is 0 Å². The first-order valence-electron chi connectivity index (χ1n) is 8.87. The molecule has 1 fully saturated rings. The van der Waals surface area contributed by atoms with Gasteiger partial charge in [0.1, 0.15) is 0 Å². The molecule has 3 rings (SSSR count). The fourth-order valence-corrected chi connectivity index (χ4v) is 3.19. The van der Waals surface area contributed by atoms with Crippen molar-refractivity contribution in [2.75, 3.05) is 11.9 Å². The molecule has 1 N–H and O–H groups in total. The van der Waals surface area contributed by atoms with E-state index in [0.29, 0.717) is 13.1 Å². The topological polar surface area (TPSA) is 49.4 Å². The molecule has 4 heteroatoms. The quantitative estimate of drug-likeness (QED) is 0.876. The maximum Gasteiger partial charge on any atom is 0.229 e. The Morgan fingerprint density at radius 2 is 1.80 bits per heavy atom. The molecule has 0 bridgehead atoms. The molecule has 0 aliphatic carbocycles. The minimum Gasteiger partial charge on any atom is -0.338 e. The zero-order valence-electron chi connectivity index (χ0n) is 14.6. The molecule has 1 atom stereocenters. The van der Waals surface area contributed by atoms with Gasteiger partial charge in [-0.2, -0.15) is 0 Å². The smallest absolute Gasteiger partial charge is 0.229 e. The second-order valence-electron chi connectivity index (χ2n) is 6.60. The molecule has 0 aromatic heterocycles. The number of aryl methyl sites for hydroxylation is 1. The van der Waals surface area contributed by atoms with Crippen LogP contribution in [-0.2, 0) is 22.6 Å². The number of nitrogens with zero attached hydrogens (tertiary/aromatic N) is 1. The summed E-state index contributed by atoms with van der Waals surface area (Å²) in [6, 6.07) is 17.8. The van der Waals surface area contributed by atoms with Crippen molar-refractivity contribution in [2.24, 2.45) is 5.92 Å². The van der Waals surface area contributed by atoms with Crippen LogP contribution in [0.15, 0.2) is 54.6 Å². The largest absolute Gasteiger partial charge is 0.338 e. The van der Waals surface area contributed by atoms with Gasteiger partial charge in [-0.3, -0.25) is 9.59 Å². The van der Waals surface area contributed by atoms with Crippen LogP contribution in [-0.4, -0.2) is 23.3 Å². The molecule has 130 valence electrons. The molecule has 1 aliphatic rings. The molecule has 0 radical (unpaired) electrons. The third-order valence-corrected chi connectivity index (χ3v) is 4.56. The number of hydrogen-bond acceptors (Lipinski definition) is 2. The Balaban J connectivity index is 1.57. The summed E-state index contributed by atoms with van der Waals surface area (Å²) in [6.07, 6.45) is 2.43. The Morgan fingerprint density at radius 1 is 1.08 bits per heavy atom. The highest BCUT2D eigenvalue weighted by Crippen LogP contribution is 2.22. The number of benzene rings is 2. The van der Waals surface area contributed by atoms with E-state index in [-0.39, 0.29) is 24.2 Å². The molecule has 4 nitrogen and oxygen atoms in total. The highest BCUT2D eigenvalue weighted by Gasteiger charge is 2.34. The number of amides is 2. The number of anilines is 1. The van der Waals surface area contributed by atoms with E-state index in [0.717, 1.165) is 24.1 Å². The summed E-state index contributed by atoms with van der Waals surface area (Å²) < 4.78 is 0. The molecule has 25 heavy (non-hydrogen) atoms. The normalized spacial score (nSPS) is 16.9. The SMILES string of the molecule is CCCc1ccc(NC(=O)C2CC(=O)N(Cc3ccccc3)C2)cc1. The summed E-state index contributed by atoms with van der Waals surface area (Å²) in [6.45, 7) is 3.19. The molecule has 2 aromatic rings. The minimum atomic E-state index is -0.286. The number of nitrogens with one attached hydrogen (secondary N) is 1. The van der Waals surface area contributed by atoms with Crippen LogP contribution in [0.4, 0.5) is 5.69 Å². The van der Waals surface area contributed by atoms with Gasteiger partial charge >= 0.3 is 0 Å². The molecule has 1 saturated heterocycles. The number of carbonyl (C=O) groups is 2. The van der Waals surface area contributed by atoms with Crippen LogP contribution < -0.4 is 5.32 Å². The maximum atomic E-state index is 12.5. The van der Waals surface area contributed by atoms with Crippen molar-refractivity contribution in [1.82, 2.24) is 4.90 Å². The van der Waals surface area contributed by atoms with Gasteiger partial charge < -0.3 is 10.2 Å². The van der Waals surface area contributed by atoms with E-state index < -0.39 is 0 Å². The Kier molecular flexibility index (Phi) is 5.49. The van der Waals surface area contributed by atoms with Gasteiger partial charge in [-0.05, 0) is 29.7 Å². The van der Waals surface area contributed by atoms with Crippen LogP contribution in [0.2, 0.25) is 0 Å². The lowest BCUT2D eigenvalue weighted by molar-refractivity contribution is -0.128. The van der Waals surface area contributed by atoms with Crippen LogP contribution >= 0.6 is 0 Å². The molecule has 1 aliphatic heterocycles. The average molecular weight is 336 g/mol. The predicted molar refractivity (Wildman–Crippen MR) is 99.0 cm³/mol. The molecule has 0 saturated carbocycles.